The molecule has 0 unspecified atom stereocenters. The molecule has 1 aromatic heterocycles. The molecule has 0 aliphatic heterocycles. The van der Waals surface area contributed by atoms with Crippen LogP contribution in [-0.4, -0.2) is 38.0 Å². The second-order valence-corrected chi connectivity index (χ2v) is 6.10. The predicted molar refractivity (Wildman–Crippen MR) is 89.1 cm³/mol. The molecule has 0 atom stereocenters. The number of nitrogens with zero attached hydrogens (tertiary/aromatic N) is 1. The molecule has 2 rings (SSSR count). The van der Waals surface area contributed by atoms with Gasteiger partial charge in [-0.2, -0.15) is 0 Å². The van der Waals surface area contributed by atoms with Crippen molar-refractivity contribution in [1.82, 2.24) is 10.2 Å². The second kappa shape index (κ2) is 7.96. The lowest BCUT2D eigenvalue weighted by atomic mass is 10.0. The van der Waals surface area contributed by atoms with E-state index in [1.165, 1.54) is 4.88 Å². The molecule has 0 aliphatic carbocycles. The van der Waals surface area contributed by atoms with E-state index in [-0.39, 0.29) is 5.91 Å². The van der Waals surface area contributed by atoms with Gasteiger partial charge in [-0.15, -0.1) is 11.3 Å². The van der Waals surface area contributed by atoms with Crippen LogP contribution in [0.4, 0.5) is 0 Å². The minimum Gasteiger partial charge on any atom is -0.341 e. The van der Waals surface area contributed by atoms with Gasteiger partial charge in [0.05, 0.1) is 0 Å². The van der Waals surface area contributed by atoms with Crippen molar-refractivity contribution in [2.45, 2.75) is 12.8 Å². The zero-order chi connectivity index (χ0) is 15.1. The van der Waals surface area contributed by atoms with Crippen molar-refractivity contribution >= 4 is 17.2 Å². The first-order valence-corrected chi connectivity index (χ1v) is 8.10. The highest BCUT2D eigenvalue weighted by Crippen LogP contribution is 2.14. The molecule has 0 aliphatic rings. The summed E-state index contributed by atoms with van der Waals surface area (Å²) in [6.07, 6.45) is 1.79. The van der Waals surface area contributed by atoms with Crippen LogP contribution in [0.2, 0.25) is 0 Å². The minimum atomic E-state index is 0.109. The van der Waals surface area contributed by atoms with Crippen LogP contribution >= 0.6 is 11.3 Å². The molecule has 0 fully saturated rings. The van der Waals surface area contributed by atoms with Crippen LogP contribution in [-0.2, 0) is 12.8 Å². The van der Waals surface area contributed by atoms with Gasteiger partial charge in [-0.3, -0.25) is 4.79 Å². The number of nitrogens with one attached hydrogen (secondary N) is 1. The van der Waals surface area contributed by atoms with Crippen molar-refractivity contribution < 1.29 is 4.79 Å². The molecule has 21 heavy (non-hydrogen) atoms. The third-order valence-corrected chi connectivity index (χ3v) is 4.45. The van der Waals surface area contributed by atoms with Gasteiger partial charge < -0.3 is 10.2 Å². The monoisotopic (exact) mass is 302 g/mol. The molecule has 0 bridgehead atoms. The number of hydrogen-bond acceptors (Lipinski definition) is 3. The summed E-state index contributed by atoms with van der Waals surface area (Å²) in [5.74, 6) is 0.109. The molecule has 3 nitrogen and oxygen atoms in total. The normalized spacial score (nSPS) is 10.6. The van der Waals surface area contributed by atoms with Crippen LogP contribution in [0.5, 0.6) is 0 Å². The van der Waals surface area contributed by atoms with Crippen molar-refractivity contribution in [3.8, 4) is 0 Å². The van der Waals surface area contributed by atoms with E-state index in [9.17, 15) is 4.79 Å². The Kier molecular flexibility index (Phi) is 5.96. The van der Waals surface area contributed by atoms with Gasteiger partial charge in [0.2, 0.25) is 0 Å². The van der Waals surface area contributed by atoms with E-state index in [2.05, 4.69) is 22.8 Å². The summed E-state index contributed by atoms with van der Waals surface area (Å²) >= 11 is 1.74. The molecule has 112 valence electrons. The molecule has 1 heterocycles. The van der Waals surface area contributed by atoms with Crippen LogP contribution in [0.15, 0.2) is 41.8 Å². The summed E-state index contributed by atoms with van der Waals surface area (Å²) in [6, 6.07) is 12.1. The van der Waals surface area contributed by atoms with Crippen LogP contribution in [0, 0.1) is 0 Å². The van der Waals surface area contributed by atoms with Crippen molar-refractivity contribution in [1.29, 1.82) is 0 Å². The van der Waals surface area contributed by atoms with E-state index in [0.29, 0.717) is 0 Å². The maximum absolute atomic E-state index is 12.6. The first-order chi connectivity index (χ1) is 10.2. The third-order valence-electron chi connectivity index (χ3n) is 3.51. The van der Waals surface area contributed by atoms with Crippen molar-refractivity contribution in [3.05, 3.63) is 57.8 Å². The number of carbonyl (C=O) groups is 1. The second-order valence-electron chi connectivity index (χ2n) is 5.07. The fourth-order valence-corrected chi connectivity index (χ4v) is 2.94. The summed E-state index contributed by atoms with van der Waals surface area (Å²) in [5.41, 5.74) is 1.93. The lowest BCUT2D eigenvalue weighted by Gasteiger charge is -2.19. The zero-order valence-corrected chi connectivity index (χ0v) is 13.5. The van der Waals surface area contributed by atoms with Gasteiger partial charge in [0.15, 0.2) is 0 Å². The van der Waals surface area contributed by atoms with Crippen molar-refractivity contribution in [2.24, 2.45) is 0 Å². The fourth-order valence-electron chi connectivity index (χ4n) is 2.25. The topological polar surface area (TPSA) is 32.3 Å². The highest BCUT2D eigenvalue weighted by atomic mass is 32.1. The Morgan fingerprint density at radius 1 is 1.19 bits per heavy atom. The lowest BCUT2D eigenvalue weighted by Crippen LogP contribution is -2.29. The highest BCUT2D eigenvalue weighted by molar-refractivity contribution is 7.09. The summed E-state index contributed by atoms with van der Waals surface area (Å²) in [7, 11) is 3.81. The van der Waals surface area contributed by atoms with E-state index in [4.69, 9.17) is 0 Å². The molecule has 1 amide bonds. The van der Waals surface area contributed by atoms with E-state index in [0.717, 1.165) is 37.1 Å². The molecule has 1 aromatic carbocycles. The summed E-state index contributed by atoms with van der Waals surface area (Å²) < 4.78 is 0. The molecule has 0 spiro atoms. The van der Waals surface area contributed by atoms with Gasteiger partial charge in [0.25, 0.3) is 5.91 Å². The number of likely N-dealkylation sites (N-methyl/N-ethyl adjacent to an activating group) is 2. The molecule has 0 saturated carbocycles. The summed E-state index contributed by atoms with van der Waals surface area (Å²) in [6.45, 7) is 1.63. The lowest BCUT2D eigenvalue weighted by molar-refractivity contribution is 0.0796. The van der Waals surface area contributed by atoms with Gasteiger partial charge in [0.1, 0.15) is 0 Å². The molecule has 0 saturated heterocycles. The smallest absolute Gasteiger partial charge is 0.253 e. The number of benzene rings is 1. The van der Waals surface area contributed by atoms with Gasteiger partial charge in [-0.25, -0.2) is 0 Å². The maximum Gasteiger partial charge on any atom is 0.253 e. The van der Waals surface area contributed by atoms with Crippen molar-refractivity contribution in [2.75, 3.05) is 27.2 Å². The Morgan fingerprint density at radius 3 is 2.71 bits per heavy atom. The number of rotatable bonds is 7. The average molecular weight is 302 g/mol. The molecular formula is C17H22N2OS. The molecule has 4 heteroatoms. The van der Waals surface area contributed by atoms with Crippen LogP contribution in [0.1, 0.15) is 20.8 Å². The largest absolute Gasteiger partial charge is 0.341 e. The van der Waals surface area contributed by atoms with E-state index >= 15 is 0 Å². The summed E-state index contributed by atoms with van der Waals surface area (Å²) in [4.78, 5) is 15.7. The first-order valence-electron chi connectivity index (χ1n) is 7.22. The number of amides is 1. The van der Waals surface area contributed by atoms with Gasteiger partial charge in [-0.05, 0) is 49.5 Å². The zero-order valence-electron chi connectivity index (χ0n) is 12.6. The Morgan fingerprint density at radius 2 is 2.00 bits per heavy atom. The predicted octanol–water partition coefficient (Wildman–Crippen LogP) is 2.82. The van der Waals surface area contributed by atoms with Gasteiger partial charge in [0, 0.05) is 24.0 Å². The Balaban J connectivity index is 2.01. The number of hydrogen-bond donors (Lipinski definition) is 1. The SMILES string of the molecule is CNCCc1ccccc1C(=O)N(C)CCc1cccs1. The van der Waals surface area contributed by atoms with Crippen LogP contribution < -0.4 is 5.32 Å². The van der Waals surface area contributed by atoms with Crippen LogP contribution in [0.3, 0.4) is 0 Å². The van der Waals surface area contributed by atoms with Gasteiger partial charge >= 0.3 is 0 Å². The average Bonchev–Trinajstić information content (AvgIpc) is 3.03. The number of thiophene rings is 1. The number of carbonyl (C=O) groups excluding carboxylic acids is 1. The van der Waals surface area contributed by atoms with Gasteiger partial charge in [-0.1, -0.05) is 24.3 Å². The summed E-state index contributed by atoms with van der Waals surface area (Å²) in [5, 5.41) is 5.21. The first kappa shape index (κ1) is 15.7. The molecule has 2 aromatic rings. The Labute approximate surface area is 130 Å². The van der Waals surface area contributed by atoms with E-state index in [1.54, 1.807) is 11.3 Å². The molecule has 0 radical (unpaired) electrons. The Hall–Kier alpha value is -1.65. The van der Waals surface area contributed by atoms with E-state index in [1.807, 2.05) is 43.3 Å². The fraction of sp³-hybridized carbons (Fsp3) is 0.353. The highest BCUT2D eigenvalue weighted by Gasteiger charge is 2.15. The third kappa shape index (κ3) is 4.41. The molecular weight excluding hydrogens is 280 g/mol. The van der Waals surface area contributed by atoms with Crippen LogP contribution in [0.25, 0.3) is 0 Å². The standard InChI is InChI=1S/C17H22N2OS/c1-18-11-9-14-6-3-4-8-16(14)17(20)19(2)12-10-15-7-5-13-21-15/h3-8,13,18H,9-12H2,1-2H3. The Bertz CT molecular complexity index is 566. The molecule has 1 N–H and O–H groups in total. The maximum atomic E-state index is 12.6. The van der Waals surface area contributed by atoms with E-state index < -0.39 is 0 Å². The minimum absolute atomic E-state index is 0.109. The van der Waals surface area contributed by atoms with Crippen molar-refractivity contribution in [3.63, 3.8) is 0 Å². The quantitative estimate of drug-likeness (QED) is 0.853.